The number of benzene rings is 3. The number of rotatable bonds is 3. The van der Waals surface area contributed by atoms with Gasteiger partial charge in [-0.05, 0) is 40.0 Å². The van der Waals surface area contributed by atoms with Crippen molar-refractivity contribution in [3.05, 3.63) is 72.3 Å². The zero-order valence-electron chi connectivity index (χ0n) is 12.4. The Morgan fingerprint density at radius 1 is 0.864 bits per heavy atom. The first kappa shape index (κ1) is 13.3. The van der Waals surface area contributed by atoms with Gasteiger partial charge < -0.3 is 4.90 Å². The van der Waals surface area contributed by atoms with Crippen LogP contribution in [0.2, 0.25) is 0 Å². The van der Waals surface area contributed by atoms with Gasteiger partial charge >= 0.3 is 0 Å². The maximum atomic E-state index is 4.64. The lowest BCUT2D eigenvalue weighted by Crippen LogP contribution is -2.17. The van der Waals surface area contributed by atoms with Gasteiger partial charge in [-0.1, -0.05) is 54.6 Å². The fourth-order valence-electron chi connectivity index (χ4n) is 2.91. The second kappa shape index (κ2) is 5.43. The van der Waals surface area contributed by atoms with Crippen molar-refractivity contribution in [1.82, 2.24) is 4.37 Å². The molecule has 0 amide bonds. The lowest BCUT2D eigenvalue weighted by molar-refractivity contribution is 0.921. The van der Waals surface area contributed by atoms with Crippen LogP contribution in [0.1, 0.15) is 5.56 Å². The quantitative estimate of drug-likeness (QED) is 0.524. The zero-order valence-corrected chi connectivity index (χ0v) is 13.2. The van der Waals surface area contributed by atoms with Gasteiger partial charge in [0.1, 0.15) is 5.82 Å². The van der Waals surface area contributed by atoms with Crippen molar-refractivity contribution in [1.29, 1.82) is 0 Å². The summed E-state index contributed by atoms with van der Waals surface area (Å²) in [6.45, 7) is 0.856. The molecule has 4 rings (SSSR count). The number of aromatic nitrogens is 1. The summed E-state index contributed by atoms with van der Waals surface area (Å²) in [5.41, 5.74) is 1.33. The number of fused-ring (bicyclic) bond motifs is 2. The summed E-state index contributed by atoms with van der Waals surface area (Å²) in [7, 11) is 2.11. The van der Waals surface area contributed by atoms with Crippen LogP contribution in [0.15, 0.2) is 66.7 Å². The molecule has 22 heavy (non-hydrogen) atoms. The first-order valence-corrected chi connectivity index (χ1v) is 8.12. The highest BCUT2D eigenvalue weighted by Crippen LogP contribution is 2.30. The Kier molecular flexibility index (Phi) is 3.28. The number of hydrogen-bond acceptors (Lipinski definition) is 3. The second-order valence-electron chi connectivity index (χ2n) is 5.50. The average Bonchev–Trinajstić information content (AvgIpc) is 2.99. The molecule has 3 heteroatoms. The average molecular weight is 304 g/mol. The Bertz CT molecular complexity index is 937. The third kappa shape index (κ3) is 2.24. The van der Waals surface area contributed by atoms with Gasteiger partial charge in [0.05, 0.1) is 4.70 Å². The minimum absolute atomic E-state index is 0.856. The van der Waals surface area contributed by atoms with Crippen LogP contribution in [0.25, 0.3) is 20.9 Å². The molecule has 0 aliphatic heterocycles. The molecule has 0 fully saturated rings. The van der Waals surface area contributed by atoms with E-state index in [9.17, 15) is 0 Å². The van der Waals surface area contributed by atoms with Gasteiger partial charge in [-0.2, -0.15) is 4.37 Å². The number of nitrogens with zero attached hydrogens (tertiary/aromatic N) is 2. The van der Waals surface area contributed by atoms with Crippen LogP contribution in [-0.2, 0) is 6.54 Å². The van der Waals surface area contributed by atoms with Crippen LogP contribution in [-0.4, -0.2) is 11.4 Å². The van der Waals surface area contributed by atoms with Crippen LogP contribution < -0.4 is 4.90 Å². The van der Waals surface area contributed by atoms with Gasteiger partial charge in [0.25, 0.3) is 0 Å². The standard InChI is InChI=1S/C19H16N2S/c1-21(19-17-11-4-5-12-18(17)22-20-19)13-15-9-6-8-14-7-2-3-10-16(14)15/h2-12H,13H2,1H3. The summed E-state index contributed by atoms with van der Waals surface area (Å²) in [5.74, 6) is 1.06. The first-order chi connectivity index (χ1) is 10.8. The molecule has 0 saturated carbocycles. The molecule has 0 unspecified atom stereocenters. The number of hydrogen-bond donors (Lipinski definition) is 0. The predicted molar refractivity (Wildman–Crippen MR) is 95.7 cm³/mol. The summed E-state index contributed by atoms with van der Waals surface area (Å²) in [5, 5.41) is 3.84. The highest BCUT2D eigenvalue weighted by Gasteiger charge is 2.11. The lowest BCUT2D eigenvalue weighted by atomic mass is 10.0. The van der Waals surface area contributed by atoms with E-state index in [4.69, 9.17) is 0 Å². The molecule has 0 aliphatic rings. The van der Waals surface area contributed by atoms with E-state index in [-0.39, 0.29) is 0 Å². The molecule has 2 nitrogen and oxygen atoms in total. The monoisotopic (exact) mass is 304 g/mol. The summed E-state index contributed by atoms with van der Waals surface area (Å²) in [4.78, 5) is 2.24. The molecule has 1 aromatic heterocycles. The van der Waals surface area contributed by atoms with Crippen molar-refractivity contribution in [3.63, 3.8) is 0 Å². The van der Waals surface area contributed by atoms with E-state index >= 15 is 0 Å². The van der Waals surface area contributed by atoms with E-state index in [0.29, 0.717) is 0 Å². The van der Waals surface area contributed by atoms with E-state index in [1.54, 1.807) is 11.5 Å². The van der Waals surface area contributed by atoms with Crippen LogP contribution in [0.3, 0.4) is 0 Å². The topological polar surface area (TPSA) is 16.1 Å². The van der Waals surface area contributed by atoms with E-state index < -0.39 is 0 Å². The summed E-state index contributed by atoms with van der Waals surface area (Å²) in [6.07, 6.45) is 0. The number of anilines is 1. The van der Waals surface area contributed by atoms with Gasteiger partial charge in [-0.3, -0.25) is 0 Å². The van der Waals surface area contributed by atoms with Crippen LogP contribution in [0.5, 0.6) is 0 Å². The molecule has 0 bridgehead atoms. The van der Waals surface area contributed by atoms with Crippen molar-refractivity contribution in [2.45, 2.75) is 6.54 Å². The van der Waals surface area contributed by atoms with E-state index in [1.807, 2.05) is 0 Å². The molecule has 4 aromatic rings. The minimum Gasteiger partial charge on any atom is -0.354 e. The van der Waals surface area contributed by atoms with E-state index in [0.717, 1.165) is 12.4 Å². The van der Waals surface area contributed by atoms with Crippen LogP contribution in [0, 0.1) is 0 Å². The van der Waals surface area contributed by atoms with Gasteiger partial charge in [0, 0.05) is 19.0 Å². The van der Waals surface area contributed by atoms with Gasteiger partial charge in [0.15, 0.2) is 0 Å². The van der Waals surface area contributed by atoms with Crippen LogP contribution >= 0.6 is 11.5 Å². The molecule has 1 heterocycles. The lowest BCUT2D eigenvalue weighted by Gasteiger charge is -2.18. The fraction of sp³-hybridized carbons (Fsp3) is 0.105. The highest BCUT2D eigenvalue weighted by atomic mass is 32.1. The Morgan fingerprint density at radius 2 is 1.59 bits per heavy atom. The first-order valence-electron chi connectivity index (χ1n) is 7.35. The third-order valence-electron chi connectivity index (χ3n) is 4.01. The smallest absolute Gasteiger partial charge is 0.150 e. The maximum absolute atomic E-state index is 4.64. The molecule has 3 aromatic carbocycles. The molecule has 0 aliphatic carbocycles. The summed E-state index contributed by atoms with van der Waals surface area (Å²) >= 11 is 1.56. The second-order valence-corrected chi connectivity index (χ2v) is 6.30. The molecule has 0 atom stereocenters. The molecule has 108 valence electrons. The van der Waals surface area contributed by atoms with Crippen molar-refractivity contribution in [2.24, 2.45) is 0 Å². The maximum Gasteiger partial charge on any atom is 0.150 e. The van der Waals surface area contributed by atoms with Crippen molar-refractivity contribution in [2.75, 3.05) is 11.9 Å². The molecular weight excluding hydrogens is 288 g/mol. The van der Waals surface area contributed by atoms with Gasteiger partial charge in [0.2, 0.25) is 0 Å². The Labute approximate surface area is 133 Å². The summed E-state index contributed by atoms with van der Waals surface area (Å²) in [6, 6.07) is 23.5. The molecular formula is C19H16N2S. The van der Waals surface area contributed by atoms with E-state index in [2.05, 4.69) is 83.1 Å². The minimum atomic E-state index is 0.856. The SMILES string of the molecule is CN(Cc1cccc2ccccc12)c1nsc2ccccc12. The van der Waals surface area contributed by atoms with Crippen LogP contribution in [0.4, 0.5) is 5.82 Å². The molecule has 0 spiro atoms. The molecule has 0 radical (unpaired) electrons. The normalized spacial score (nSPS) is 11.1. The molecule has 0 saturated heterocycles. The van der Waals surface area contributed by atoms with Gasteiger partial charge in [-0.25, -0.2) is 0 Å². The highest BCUT2D eigenvalue weighted by molar-refractivity contribution is 7.13. The predicted octanol–water partition coefficient (Wildman–Crippen LogP) is 5.09. The molecule has 0 N–H and O–H groups in total. The van der Waals surface area contributed by atoms with Crippen molar-refractivity contribution in [3.8, 4) is 0 Å². The third-order valence-corrected chi connectivity index (χ3v) is 4.82. The fourth-order valence-corrected chi connectivity index (χ4v) is 3.73. The van der Waals surface area contributed by atoms with E-state index in [1.165, 1.54) is 26.4 Å². The Morgan fingerprint density at radius 3 is 2.50 bits per heavy atom. The van der Waals surface area contributed by atoms with Gasteiger partial charge in [-0.15, -0.1) is 0 Å². The Hall–Kier alpha value is -2.39. The van der Waals surface area contributed by atoms with Crippen molar-refractivity contribution >= 4 is 38.2 Å². The zero-order chi connectivity index (χ0) is 14.9. The Balaban J connectivity index is 1.73. The van der Waals surface area contributed by atoms with Crippen molar-refractivity contribution < 1.29 is 0 Å². The summed E-state index contributed by atoms with van der Waals surface area (Å²) < 4.78 is 5.88. The largest absolute Gasteiger partial charge is 0.354 e.